The number of rotatable bonds is 4. The summed E-state index contributed by atoms with van der Waals surface area (Å²) in [6.45, 7) is 1.32. The van der Waals surface area contributed by atoms with Crippen molar-refractivity contribution in [3.05, 3.63) is 29.8 Å². The van der Waals surface area contributed by atoms with E-state index in [0.717, 1.165) is 6.26 Å². The molecule has 0 aromatic heterocycles. The van der Waals surface area contributed by atoms with E-state index in [9.17, 15) is 18.0 Å². The molecule has 0 aliphatic carbocycles. The zero-order valence-corrected chi connectivity index (χ0v) is 10.7. The number of carbonyl (C=O) groups is 2. The van der Waals surface area contributed by atoms with Gasteiger partial charge in [-0.3, -0.25) is 9.59 Å². The van der Waals surface area contributed by atoms with E-state index in [1.54, 1.807) is 0 Å². The zero-order valence-electron chi connectivity index (χ0n) is 9.88. The van der Waals surface area contributed by atoms with Crippen LogP contribution in [-0.2, 0) is 14.6 Å². The molecule has 0 heterocycles. The lowest BCUT2D eigenvalue weighted by Gasteiger charge is -2.09. The first-order valence-electron chi connectivity index (χ1n) is 5.05. The molecule has 0 saturated heterocycles. The molecule has 2 N–H and O–H groups in total. The Balaban J connectivity index is 2.98. The molecule has 18 heavy (non-hydrogen) atoms. The number of carbonyl (C=O) groups excluding carboxylic acids is 1. The molecule has 7 heteroatoms. The first-order chi connectivity index (χ1) is 8.21. The minimum atomic E-state index is -3.40. The monoisotopic (exact) mass is 271 g/mol. The predicted octanol–water partition coefficient (Wildman–Crippen LogP) is 0.293. The van der Waals surface area contributed by atoms with Gasteiger partial charge in [0.2, 0.25) is 0 Å². The fraction of sp³-hybridized carbons (Fsp3) is 0.273. The van der Waals surface area contributed by atoms with Gasteiger partial charge in [0.1, 0.15) is 6.04 Å². The van der Waals surface area contributed by atoms with Crippen LogP contribution in [0.15, 0.2) is 29.2 Å². The molecule has 0 radical (unpaired) electrons. The zero-order chi connectivity index (χ0) is 13.9. The highest BCUT2D eigenvalue weighted by molar-refractivity contribution is 7.90. The number of carboxylic acids is 1. The Bertz CT molecular complexity index is 579. The first kappa shape index (κ1) is 14.2. The highest BCUT2D eigenvalue weighted by atomic mass is 32.2. The summed E-state index contributed by atoms with van der Waals surface area (Å²) in [5.74, 6) is -1.79. The van der Waals surface area contributed by atoms with Crippen molar-refractivity contribution < 1.29 is 23.1 Å². The second kappa shape index (κ2) is 5.18. The van der Waals surface area contributed by atoms with Crippen molar-refractivity contribution in [2.45, 2.75) is 17.9 Å². The van der Waals surface area contributed by atoms with Crippen molar-refractivity contribution in [3.8, 4) is 0 Å². The Morgan fingerprint density at radius 1 is 1.33 bits per heavy atom. The number of nitrogens with one attached hydrogen (secondary N) is 1. The normalized spacial score (nSPS) is 12.8. The summed E-state index contributed by atoms with van der Waals surface area (Å²) in [6, 6.07) is 4.38. The van der Waals surface area contributed by atoms with Crippen molar-refractivity contribution in [2.75, 3.05) is 6.26 Å². The van der Waals surface area contributed by atoms with Gasteiger partial charge in [0.05, 0.1) is 4.90 Å². The SMILES string of the molecule is C[C@H](NC(=O)c1cccc(S(C)(=O)=O)c1)C(=O)O. The van der Waals surface area contributed by atoms with E-state index < -0.39 is 27.8 Å². The quantitative estimate of drug-likeness (QED) is 0.820. The van der Waals surface area contributed by atoms with Crippen molar-refractivity contribution in [1.29, 1.82) is 0 Å². The van der Waals surface area contributed by atoms with Gasteiger partial charge >= 0.3 is 5.97 Å². The summed E-state index contributed by atoms with van der Waals surface area (Å²) < 4.78 is 22.6. The molecular weight excluding hydrogens is 258 g/mol. The molecule has 0 aliphatic rings. The Morgan fingerprint density at radius 2 is 1.94 bits per heavy atom. The number of hydrogen-bond acceptors (Lipinski definition) is 4. The standard InChI is InChI=1S/C11H13NO5S/c1-7(11(14)15)12-10(13)8-4-3-5-9(6-8)18(2,16)17/h3-7H,1-2H3,(H,12,13)(H,14,15)/t7-/m0/s1. The molecule has 0 fully saturated rings. The van der Waals surface area contributed by atoms with Crippen molar-refractivity contribution >= 4 is 21.7 Å². The highest BCUT2D eigenvalue weighted by Crippen LogP contribution is 2.11. The summed E-state index contributed by atoms with van der Waals surface area (Å²) in [6.07, 6.45) is 1.03. The summed E-state index contributed by atoms with van der Waals surface area (Å²) in [4.78, 5) is 22.3. The van der Waals surface area contributed by atoms with E-state index in [2.05, 4.69) is 5.32 Å². The molecule has 1 amide bonds. The van der Waals surface area contributed by atoms with Gasteiger partial charge in [-0.05, 0) is 25.1 Å². The minimum absolute atomic E-state index is 0.0122. The first-order valence-corrected chi connectivity index (χ1v) is 6.95. The molecule has 0 unspecified atom stereocenters. The molecule has 98 valence electrons. The van der Waals surface area contributed by atoms with Crippen LogP contribution in [-0.4, -0.2) is 37.7 Å². The van der Waals surface area contributed by atoms with Crippen LogP contribution in [0.2, 0.25) is 0 Å². The Labute approximate surface area is 105 Å². The minimum Gasteiger partial charge on any atom is -0.480 e. The van der Waals surface area contributed by atoms with Crippen molar-refractivity contribution in [3.63, 3.8) is 0 Å². The topological polar surface area (TPSA) is 101 Å². The maximum atomic E-state index is 11.7. The van der Waals surface area contributed by atoms with Gasteiger partial charge in [0.25, 0.3) is 5.91 Å². The molecule has 1 atom stereocenters. The highest BCUT2D eigenvalue weighted by Gasteiger charge is 2.16. The summed E-state index contributed by atoms with van der Waals surface area (Å²) >= 11 is 0. The van der Waals surface area contributed by atoms with Crippen LogP contribution in [0.3, 0.4) is 0 Å². The fourth-order valence-electron chi connectivity index (χ4n) is 1.21. The summed E-state index contributed by atoms with van der Waals surface area (Å²) in [5.41, 5.74) is 0.103. The van der Waals surface area contributed by atoms with Gasteiger partial charge in [-0.2, -0.15) is 0 Å². The van der Waals surface area contributed by atoms with Gasteiger partial charge < -0.3 is 10.4 Å². The predicted molar refractivity (Wildman–Crippen MR) is 64.1 cm³/mol. The third-order valence-corrected chi connectivity index (χ3v) is 3.35. The molecule has 1 aromatic carbocycles. The molecule has 1 aromatic rings. The van der Waals surface area contributed by atoms with E-state index in [0.29, 0.717) is 0 Å². The lowest BCUT2D eigenvalue weighted by atomic mass is 10.2. The Hall–Kier alpha value is -1.89. The average molecular weight is 271 g/mol. The maximum absolute atomic E-state index is 11.7. The van der Waals surface area contributed by atoms with Crippen molar-refractivity contribution in [2.24, 2.45) is 0 Å². The second-order valence-electron chi connectivity index (χ2n) is 3.83. The maximum Gasteiger partial charge on any atom is 0.325 e. The number of aliphatic carboxylic acids is 1. The van der Waals surface area contributed by atoms with E-state index >= 15 is 0 Å². The largest absolute Gasteiger partial charge is 0.480 e. The van der Waals surface area contributed by atoms with Gasteiger partial charge in [-0.25, -0.2) is 8.42 Å². The molecular formula is C11H13NO5S. The van der Waals surface area contributed by atoms with Crippen LogP contribution in [0.5, 0.6) is 0 Å². The van der Waals surface area contributed by atoms with Crippen LogP contribution in [0.25, 0.3) is 0 Å². The smallest absolute Gasteiger partial charge is 0.325 e. The third kappa shape index (κ3) is 3.56. The molecule has 0 saturated carbocycles. The molecule has 0 aliphatic heterocycles. The van der Waals surface area contributed by atoms with E-state index in [-0.39, 0.29) is 10.5 Å². The van der Waals surface area contributed by atoms with Crippen LogP contribution >= 0.6 is 0 Å². The number of carboxylic acid groups (broad SMARTS) is 1. The Morgan fingerprint density at radius 3 is 2.44 bits per heavy atom. The third-order valence-electron chi connectivity index (χ3n) is 2.24. The molecule has 0 bridgehead atoms. The Kier molecular flexibility index (Phi) is 4.07. The van der Waals surface area contributed by atoms with Crippen LogP contribution in [0.1, 0.15) is 17.3 Å². The average Bonchev–Trinajstić information content (AvgIpc) is 2.27. The fourth-order valence-corrected chi connectivity index (χ4v) is 1.88. The lowest BCUT2D eigenvalue weighted by molar-refractivity contribution is -0.138. The number of amides is 1. The van der Waals surface area contributed by atoms with Gasteiger partial charge in [-0.15, -0.1) is 0 Å². The number of hydrogen-bond donors (Lipinski definition) is 2. The van der Waals surface area contributed by atoms with Gasteiger partial charge in [0, 0.05) is 11.8 Å². The van der Waals surface area contributed by atoms with E-state index in [4.69, 9.17) is 5.11 Å². The second-order valence-corrected chi connectivity index (χ2v) is 5.85. The van der Waals surface area contributed by atoms with Gasteiger partial charge in [-0.1, -0.05) is 6.07 Å². The number of sulfone groups is 1. The van der Waals surface area contributed by atoms with Crippen LogP contribution < -0.4 is 5.32 Å². The molecule has 6 nitrogen and oxygen atoms in total. The summed E-state index contributed by atoms with van der Waals surface area (Å²) in [5, 5.41) is 10.9. The molecule has 0 spiro atoms. The molecule has 1 rings (SSSR count). The van der Waals surface area contributed by atoms with E-state index in [1.807, 2.05) is 0 Å². The number of benzene rings is 1. The van der Waals surface area contributed by atoms with Crippen molar-refractivity contribution in [1.82, 2.24) is 5.32 Å². The lowest BCUT2D eigenvalue weighted by Crippen LogP contribution is -2.38. The summed E-state index contributed by atoms with van der Waals surface area (Å²) in [7, 11) is -3.40. The van der Waals surface area contributed by atoms with Crippen LogP contribution in [0, 0.1) is 0 Å². The van der Waals surface area contributed by atoms with Gasteiger partial charge in [0.15, 0.2) is 9.84 Å². The van der Waals surface area contributed by atoms with Crippen LogP contribution in [0.4, 0.5) is 0 Å². The van der Waals surface area contributed by atoms with E-state index in [1.165, 1.54) is 31.2 Å².